The van der Waals surface area contributed by atoms with E-state index in [4.69, 9.17) is 14.2 Å². The SMILES string of the molecule is COC(=O)c1c(NC(=O)c2ccc3c(c2)OCCO3)sc2c1CCCC2. The van der Waals surface area contributed by atoms with E-state index in [0.29, 0.717) is 40.8 Å². The number of rotatable bonds is 3. The number of hydrogen-bond donors (Lipinski definition) is 1. The molecule has 26 heavy (non-hydrogen) atoms. The van der Waals surface area contributed by atoms with Crippen LogP contribution in [0.25, 0.3) is 0 Å². The zero-order chi connectivity index (χ0) is 18.1. The number of benzene rings is 1. The van der Waals surface area contributed by atoms with Crippen molar-refractivity contribution in [3.8, 4) is 11.5 Å². The number of nitrogens with one attached hydrogen (secondary N) is 1. The van der Waals surface area contributed by atoms with E-state index in [1.54, 1.807) is 18.2 Å². The second-order valence-electron chi connectivity index (χ2n) is 6.22. The monoisotopic (exact) mass is 373 g/mol. The van der Waals surface area contributed by atoms with Gasteiger partial charge in [-0.05, 0) is 49.4 Å². The van der Waals surface area contributed by atoms with Crippen molar-refractivity contribution in [1.29, 1.82) is 0 Å². The van der Waals surface area contributed by atoms with Crippen LogP contribution in [0.5, 0.6) is 11.5 Å². The van der Waals surface area contributed by atoms with Gasteiger partial charge in [0.15, 0.2) is 11.5 Å². The van der Waals surface area contributed by atoms with Gasteiger partial charge < -0.3 is 19.5 Å². The zero-order valence-electron chi connectivity index (χ0n) is 14.4. The molecule has 136 valence electrons. The Balaban J connectivity index is 1.63. The second kappa shape index (κ2) is 6.99. The van der Waals surface area contributed by atoms with Crippen molar-refractivity contribution in [2.24, 2.45) is 0 Å². The van der Waals surface area contributed by atoms with E-state index in [0.717, 1.165) is 36.1 Å². The fourth-order valence-corrected chi connectivity index (χ4v) is 4.60. The lowest BCUT2D eigenvalue weighted by Crippen LogP contribution is -2.18. The molecule has 7 heteroatoms. The molecule has 2 aliphatic rings. The van der Waals surface area contributed by atoms with E-state index in [-0.39, 0.29) is 5.91 Å². The molecule has 1 aromatic carbocycles. The summed E-state index contributed by atoms with van der Waals surface area (Å²) in [5, 5.41) is 3.45. The summed E-state index contributed by atoms with van der Waals surface area (Å²) < 4.78 is 16.0. The first-order valence-electron chi connectivity index (χ1n) is 8.61. The van der Waals surface area contributed by atoms with Crippen molar-refractivity contribution in [3.05, 3.63) is 39.8 Å². The van der Waals surface area contributed by atoms with E-state index in [1.807, 2.05) is 0 Å². The highest BCUT2D eigenvalue weighted by Crippen LogP contribution is 2.39. The van der Waals surface area contributed by atoms with Crippen LogP contribution in [0.2, 0.25) is 0 Å². The molecule has 0 saturated carbocycles. The highest BCUT2D eigenvalue weighted by atomic mass is 32.1. The summed E-state index contributed by atoms with van der Waals surface area (Å²) >= 11 is 1.47. The van der Waals surface area contributed by atoms with Gasteiger partial charge in [-0.2, -0.15) is 0 Å². The van der Waals surface area contributed by atoms with Gasteiger partial charge in [0.1, 0.15) is 18.2 Å². The number of hydrogen-bond acceptors (Lipinski definition) is 6. The number of thiophene rings is 1. The lowest BCUT2D eigenvalue weighted by atomic mass is 9.95. The number of fused-ring (bicyclic) bond motifs is 2. The largest absolute Gasteiger partial charge is 0.486 e. The number of anilines is 1. The Kier molecular flexibility index (Phi) is 4.55. The molecular weight excluding hydrogens is 354 g/mol. The Morgan fingerprint density at radius 1 is 1.12 bits per heavy atom. The molecule has 1 N–H and O–H groups in total. The fourth-order valence-electron chi connectivity index (χ4n) is 3.33. The van der Waals surface area contributed by atoms with Crippen LogP contribution in [0.15, 0.2) is 18.2 Å². The Hall–Kier alpha value is -2.54. The number of carbonyl (C=O) groups is 2. The maximum Gasteiger partial charge on any atom is 0.341 e. The Labute approximate surface area is 155 Å². The maximum absolute atomic E-state index is 12.7. The summed E-state index contributed by atoms with van der Waals surface area (Å²) in [6.07, 6.45) is 3.92. The lowest BCUT2D eigenvalue weighted by molar-refractivity contribution is 0.0601. The normalized spacial score (nSPS) is 15.1. The third-order valence-corrected chi connectivity index (χ3v) is 5.80. The van der Waals surface area contributed by atoms with Crippen molar-refractivity contribution in [1.82, 2.24) is 0 Å². The number of carbonyl (C=O) groups excluding carboxylic acids is 2. The van der Waals surface area contributed by atoms with Gasteiger partial charge in [-0.25, -0.2) is 4.79 Å². The van der Waals surface area contributed by atoms with Crippen molar-refractivity contribution < 1.29 is 23.8 Å². The highest BCUT2D eigenvalue weighted by molar-refractivity contribution is 7.17. The van der Waals surface area contributed by atoms with Crippen LogP contribution in [0.3, 0.4) is 0 Å². The minimum Gasteiger partial charge on any atom is -0.486 e. The van der Waals surface area contributed by atoms with Crippen LogP contribution in [-0.2, 0) is 17.6 Å². The minimum atomic E-state index is -0.401. The van der Waals surface area contributed by atoms with Gasteiger partial charge >= 0.3 is 5.97 Å². The molecule has 1 amide bonds. The van der Waals surface area contributed by atoms with E-state index < -0.39 is 5.97 Å². The molecule has 0 spiro atoms. The molecule has 4 rings (SSSR count). The van der Waals surface area contributed by atoms with Crippen molar-refractivity contribution in [2.75, 3.05) is 25.6 Å². The van der Waals surface area contributed by atoms with Crippen molar-refractivity contribution in [2.45, 2.75) is 25.7 Å². The predicted octanol–water partition coefficient (Wildman–Crippen LogP) is 3.44. The van der Waals surface area contributed by atoms with E-state index >= 15 is 0 Å². The second-order valence-corrected chi connectivity index (χ2v) is 7.32. The average molecular weight is 373 g/mol. The topological polar surface area (TPSA) is 73.9 Å². The lowest BCUT2D eigenvalue weighted by Gasteiger charge is -2.18. The average Bonchev–Trinajstić information content (AvgIpc) is 3.04. The molecule has 1 aromatic heterocycles. The highest BCUT2D eigenvalue weighted by Gasteiger charge is 2.27. The molecule has 1 aliphatic carbocycles. The van der Waals surface area contributed by atoms with Crippen LogP contribution < -0.4 is 14.8 Å². The molecule has 6 nitrogen and oxygen atoms in total. The smallest absolute Gasteiger partial charge is 0.341 e. The van der Waals surface area contributed by atoms with E-state index in [1.165, 1.54) is 18.4 Å². The first-order valence-corrected chi connectivity index (χ1v) is 9.43. The quantitative estimate of drug-likeness (QED) is 0.835. The summed E-state index contributed by atoms with van der Waals surface area (Å²) in [7, 11) is 1.36. The Bertz CT molecular complexity index is 873. The van der Waals surface area contributed by atoms with Crippen LogP contribution in [0.4, 0.5) is 5.00 Å². The molecule has 0 bridgehead atoms. The third-order valence-electron chi connectivity index (χ3n) is 4.59. The summed E-state index contributed by atoms with van der Waals surface area (Å²) in [6.45, 7) is 0.962. The van der Waals surface area contributed by atoms with Gasteiger partial charge in [0.25, 0.3) is 5.91 Å². The third kappa shape index (κ3) is 3.03. The molecule has 2 aromatic rings. The van der Waals surface area contributed by atoms with Crippen LogP contribution >= 0.6 is 11.3 Å². The Morgan fingerprint density at radius 2 is 1.88 bits per heavy atom. The Morgan fingerprint density at radius 3 is 2.69 bits per heavy atom. The standard InChI is InChI=1S/C19H19NO5S/c1-23-19(22)16-12-4-2-3-5-15(12)26-18(16)20-17(21)11-6-7-13-14(10-11)25-9-8-24-13/h6-7,10H,2-5,8-9H2,1H3,(H,20,21). The van der Waals surface area contributed by atoms with Crippen LogP contribution in [-0.4, -0.2) is 32.2 Å². The summed E-state index contributed by atoms with van der Waals surface area (Å²) in [5.41, 5.74) is 1.97. The fraction of sp³-hybridized carbons (Fsp3) is 0.368. The summed E-state index contributed by atoms with van der Waals surface area (Å²) in [5.74, 6) is 0.504. The summed E-state index contributed by atoms with van der Waals surface area (Å²) in [4.78, 5) is 26.2. The molecule has 0 fully saturated rings. The summed E-state index contributed by atoms with van der Waals surface area (Å²) in [6, 6.07) is 5.08. The first-order chi connectivity index (χ1) is 12.7. The maximum atomic E-state index is 12.7. The van der Waals surface area contributed by atoms with Crippen molar-refractivity contribution in [3.63, 3.8) is 0 Å². The van der Waals surface area contributed by atoms with Crippen LogP contribution in [0.1, 0.15) is 44.0 Å². The molecule has 0 saturated heterocycles. The molecule has 0 radical (unpaired) electrons. The van der Waals surface area contributed by atoms with Crippen LogP contribution in [0, 0.1) is 0 Å². The first kappa shape index (κ1) is 16.9. The number of aryl methyl sites for hydroxylation is 1. The van der Waals surface area contributed by atoms with Gasteiger partial charge in [0.2, 0.25) is 0 Å². The van der Waals surface area contributed by atoms with Crippen molar-refractivity contribution >= 4 is 28.2 Å². The molecule has 0 atom stereocenters. The molecular formula is C19H19NO5S. The van der Waals surface area contributed by atoms with Gasteiger partial charge in [-0.1, -0.05) is 0 Å². The van der Waals surface area contributed by atoms with Gasteiger partial charge in [-0.15, -0.1) is 11.3 Å². The number of amides is 1. The van der Waals surface area contributed by atoms with Gasteiger partial charge in [0, 0.05) is 10.4 Å². The molecule has 0 unspecified atom stereocenters. The number of ether oxygens (including phenoxy) is 3. The molecule has 2 heterocycles. The van der Waals surface area contributed by atoms with Gasteiger partial charge in [-0.3, -0.25) is 4.79 Å². The van der Waals surface area contributed by atoms with Gasteiger partial charge in [0.05, 0.1) is 12.7 Å². The molecule has 1 aliphatic heterocycles. The predicted molar refractivity (Wildman–Crippen MR) is 97.7 cm³/mol. The zero-order valence-corrected chi connectivity index (χ0v) is 15.2. The number of methoxy groups -OCH3 is 1. The van der Waals surface area contributed by atoms with E-state index in [9.17, 15) is 9.59 Å². The van der Waals surface area contributed by atoms with E-state index in [2.05, 4.69) is 5.32 Å². The minimum absolute atomic E-state index is 0.286. The number of esters is 1.